The molecule has 0 aliphatic heterocycles. The Bertz CT molecular complexity index is 412. The summed E-state index contributed by atoms with van der Waals surface area (Å²) in [5.74, 6) is 0. The Morgan fingerprint density at radius 1 is 1.44 bits per heavy atom. The molecule has 102 valence electrons. The number of nitrogens with one attached hydrogen (secondary N) is 1. The average Bonchev–Trinajstić information content (AvgIpc) is 2.96. The lowest BCUT2D eigenvalue weighted by molar-refractivity contribution is -0.00763. The van der Waals surface area contributed by atoms with Crippen molar-refractivity contribution in [2.45, 2.75) is 64.1 Å². The molecule has 1 atom stereocenters. The maximum absolute atomic E-state index is 5.60. The second-order valence-corrected chi connectivity index (χ2v) is 7.04. The summed E-state index contributed by atoms with van der Waals surface area (Å²) in [6.07, 6.45) is 3.50. The van der Waals surface area contributed by atoms with Gasteiger partial charge in [0.05, 0.1) is 11.1 Å². The number of hydrogen-bond acceptors (Lipinski definition) is 4. The Kier molecular flexibility index (Phi) is 3.81. The molecule has 1 N–H and O–H groups in total. The van der Waals surface area contributed by atoms with Gasteiger partial charge in [-0.1, -0.05) is 0 Å². The van der Waals surface area contributed by atoms with Crippen molar-refractivity contribution in [2.75, 3.05) is 7.11 Å². The Morgan fingerprint density at radius 2 is 2.11 bits per heavy atom. The second kappa shape index (κ2) is 4.91. The van der Waals surface area contributed by atoms with Crippen molar-refractivity contribution in [1.82, 2.24) is 10.3 Å². The fourth-order valence-electron chi connectivity index (χ4n) is 2.40. The molecule has 4 heteroatoms. The molecule has 0 saturated heterocycles. The van der Waals surface area contributed by atoms with Gasteiger partial charge in [0.25, 0.3) is 0 Å². The van der Waals surface area contributed by atoms with Gasteiger partial charge in [-0.05, 0) is 40.5 Å². The van der Waals surface area contributed by atoms with Crippen molar-refractivity contribution in [3.63, 3.8) is 0 Å². The van der Waals surface area contributed by atoms with E-state index in [1.165, 1.54) is 17.8 Å². The highest BCUT2D eigenvalue weighted by Gasteiger charge is 2.40. The maximum atomic E-state index is 5.60. The van der Waals surface area contributed by atoms with E-state index in [-0.39, 0.29) is 11.1 Å². The number of aryl methyl sites for hydroxylation is 1. The zero-order chi connectivity index (χ0) is 13.4. The lowest BCUT2D eigenvalue weighted by Gasteiger charge is -2.36. The first kappa shape index (κ1) is 14.0. The highest BCUT2D eigenvalue weighted by atomic mass is 32.1. The summed E-state index contributed by atoms with van der Waals surface area (Å²) in [5.41, 5.74) is 0.879. The summed E-state index contributed by atoms with van der Waals surface area (Å²) in [6, 6.07) is 0.659. The standard InChI is InChI=1S/C14H24N2OS/c1-10-8-18-12(15-10)14(4,16-11-6-7-11)9-13(2,3)17-5/h8,11,16H,6-7,9H2,1-5H3. The van der Waals surface area contributed by atoms with E-state index in [0.717, 1.165) is 12.1 Å². The largest absolute Gasteiger partial charge is 0.379 e. The van der Waals surface area contributed by atoms with Crippen molar-refractivity contribution in [1.29, 1.82) is 0 Å². The van der Waals surface area contributed by atoms with Gasteiger partial charge in [0.2, 0.25) is 0 Å². The van der Waals surface area contributed by atoms with Gasteiger partial charge in [-0.3, -0.25) is 0 Å². The molecule has 0 aromatic carbocycles. The molecule has 2 rings (SSSR count). The Hall–Kier alpha value is -0.450. The van der Waals surface area contributed by atoms with Gasteiger partial charge in [-0.25, -0.2) is 4.98 Å². The fourth-order valence-corrected chi connectivity index (χ4v) is 3.32. The number of rotatable bonds is 6. The van der Waals surface area contributed by atoms with E-state index >= 15 is 0 Å². The molecule has 1 fully saturated rings. The monoisotopic (exact) mass is 268 g/mol. The van der Waals surface area contributed by atoms with Gasteiger partial charge in [0, 0.05) is 30.6 Å². The molecule has 1 unspecified atom stereocenters. The van der Waals surface area contributed by atoms with Crippen molar-refractivity contribution < 1.29 is 4.74 Å². The first-order valence-corrected chi connectivity index (χ1v) is 7.48. The van der Waals surface area contributed by atoms with Gasteiger partial charge in [0.1, 0.15) is 5.01 Å². The van der Waals surface area contributed by atoms with Crippen LogP contribution >= 0.6 is 11.3 Å². The van der Waals surface area contributed by atoms with E-state index < -0.39 is 0 Å². The number of nitrogens with zero attached hydrogens (tertiary/aromatic N) is 1. The topological polar surface area (TPSA) is 34.1 Å². The van der Waals surface area contributed by atoms with Crippen LogP contribution in [0.4, 0.5) is 0 Å². The first-order valence-electron chi connectivity index (χ1n) is 6.60. The molecule has 0 spiro atoms. The minimum absolute atomic E-state index is 0.0837. The predicted octanol–water partition coefficient (Wildman–Crippen LogP) is 3.23. The van der Waals surface area contributed by atoms with Crippen LogP contribution in [0.1, 0.15) is 50.7 Å². The summed E-state index contributed by atoms with van der Waals surface area (Å²) in [6.45, 7) is 8.59. The third-order valence-electron chi connectivity index (χ3n) is 3.52. The highest BCUT2D eigenvalue weighted by molar-refractivity contribution is 7.09. The first-order chi connectivity index (χ1) is 8.35. The minimum Gasteiger partial charge on any atom is -0.379 e. The van der Waals surface area contributed by atoms with E-state index in [2.05, 4.69) is 43.4 Å². The molecule has 1 saturated carbocycles. The summed E-state index contributed by atoms with van der Waals surface area (Å²) < 4.78 is 5.60. The van der Waals surface area contributed by atoms with Gasteiger partial charge < -0.3 is 10.1 Å². The second-order valence-electron chi connectivity index (χ2n) is 6.19. The molecule has 1 aliphatic rings. The third kappa shape index (κ3) is 3.31. The number of aromatic nitrogens is 1. The third-order valence-corrected chi connectivity index (χ3v) is 4.75. The van der Waals surface area contributed by atoms with Gasteiger partial charge in [-0.2, -0.15) is 0 Å². The minimum atomic E-state index is -0.143. The molecule has 0 amide bonds. The van der Waals surface area contributed by atoms with E-state index in [9.17, 15) is 0 Å². The number of ether oxygens (including phenoxy) is 1. The SMILES string of the molecule is COC(C)(C)CC(C)(NC1CC1)c1nc(C)cs1. The molecule has 0 radical (unpaired) electrons. The quantitative estimate of drug-likeness (QED) is 0.860. The average molecular weight is 268 g/mol. The molecule has 1 aromatic rings. The smallest absolute Gasteiger partial charge is 0.113 e. The van der Waals surface area contributed by atoms with Crippen molar-refractivity contribution in [3.8, 4) is 0 Å². The van der Waals surface area contributed by atoms with Crippen LogP contribution in [-0.4, -0.2) is 23.7 Å². The Labute approximate surface area is 114 Å². The molecule has 0 bridgehead atoms. The van der Waals surface area contributed by atoms with E-state index in [1.807, 2.05) is 0 Å². The van der Waals surface area contributed by atoms with Crippen LogP contribution in [0.2, 0.25) is 0 Å². The summed E-state index contributed by atoms with van der Waals surface area (Å²) in [4.78, 5) is 4.68. The van der Waals surface area contributed by atoms with Crippen molar-refractivity contribution >= 4 is 11.3 Å². The molecule has 1 aliphatic carbocycles. The molecule has 1 aromatic heterocycles. The van der Waals surface area contributed by atoms with E-state index in [4.69, 9.17) is 4.74 Å². The van der Waals surface area contributed by atoms with E-state index in [1.54, 1.807) is 18.4 Å². The van der Waals surface area contributed by atoms with Gasteiger partial charge >= 0.3 is 0 Å². The fraction of sp³-hybridized carbons (Fsp3) is 0.786. The predicted molar refractivity (Wildman–Crippen MR) is 76.1 cm³/mol. The van der Waals surface area contributed by atoms with Gasteiger partial charge in [0.15, 0.2) is 0 Å². The van der Waals surface area contributed by atoms with Gasteiger partial charge in [-0.15, -0.1) is 11.3 Å². The summed E-state index contributed by atoms with van der Waals surface area (Å²) in [5, 5.41) is 7.06. The van der Waals surface area contributed by atoms with E-state index in [0.29, 0.717) is 6.04 Å². The number of methoxy groups -OCH3 is 1. The van der Waals surface area contributed by atoms with Crippen LogP contribution < -0.4 is 5.32 Å². The summed E-state index contributed by atoms with van der Waals surface area (Å²) >= 11 is 1.75. The van der Waals surface area contributed by atoms with Crippen LogP contribution in [0.5, 0.6) is 0 Å². The Balaban J connectivity index is 2.21. The molecule has 18 heavy (non-hydrogen) atoms. The number of hydrogen-bond donors (Lipinski definition) is 1. The van der Waals surface area contributed by atoms with Crippen LogP contribution in [0, 0.1) is 6.92 Å². The zero-order valence-corrected chi connectivity index (χ0v) is 12.9. The van der Waals surface area contributed by atoms with Crippen LogP contribution in [-0.2, 0) is 10.3 Å². The lowest BCUT2D eigenvalue weighted by Crippen LogP contribution is -2.46. The van der Waals surface area contributed by atoms with Crippen LogP contribution in [0.25, 0.3) is 0 Å². The van der Waals surface area contributed by atoms with Crippen LogP contribution in [0.15, 0.2) is 5.38 Å². The number of thiazole rings is 1. The lowest BCUT2D eigenvalue weighted by atomic mass is 9.88. The molecule has 1 heterocycles. The maximum Gasteiger partial charge on any atom is 0.113 e. The van der Waals surface area contributed by atoms with Crippen molar-refractivity contribution in [3.05, 3.63) is 16.1 Å². The van der Waals surface area contributed by atoms with Crippen LogP contribution in [0.3, 0.4) is 0 Å². The highest BCUT2D eigenvalue weighted by Crippen LogP contribution is 2.36. The Morgan fingerprint density at radius 3 is 2.56 bits per heavy atom. The zero-order valence-electron chi connectivity index (χ0n) is 12.0. The normalized spacial score (nSPS) is 19.8. The molecular formula is C14H24N2OS. The molecule has 3 nitrogen and oxygen atoms in total. The molecular weight excluding hydrogens is 244 g/mol. The summed E-state index contributed by atoms with van der Waals surface area (Å²) in [7, 11) is 1.78. The van der Waals surface area contributed by atoms with Crippen molar-refractivity contribution in [2.24, 2.45) is 0 Å².